The highest BCUT2D eigenvalue weighted by Crippen LogP contribution is 2.39. The number of thioether (sulfide) groups is 1. The van der Waals surface area contributed by atoms with E-state index < -0.39 is 0 Å². The molecule has 0 saturated carbocycles. The molecule has 0 atom stereocenters. The molecule has 1 aromatic carbocycles. The van der Waals surface area contributed by atoms with E-state index >= 15 is 0 Å². The Labute approximate surface area is 107 Å². The predicted molar refractivity (Wildman–Crippen MR) is 71.5 cm³/mol. The summed E-state index contributed by atoms with van der Waals surface area (Å²) >= 11 is 1.90. The van der Waals surface area contributed by atoms with Gasteiger partial charge in [-0.15, -0.1) is 11.8 Å². The largest absolute Gasteiger partial charge is 0.378 e. The number of ether oxygens (including phenoxy) is 1. The first kappa shape index (κ1) is 11.6. The molecule has 1 aliphatic carbocycles. The van der Waals surface area contributed by atoms with Crippen LogP contribution in [0.5, 0.6) is 0 Å². The lowest BCUT2D eigenvalue weighted by Gasteiger charge is -2.39. The van der Waals surface area contributed by atoms with Crippen molar-refractivity contribution in [2.24, 2.45) is 5.73 Å². The fourth-order valence-electron chi connectivity index (χ4n) is 2.57. The van der Waals surface area contributed by atoms with Crippen LogP contribution in [-0.4, -0.2) is 24.5 Å². The number of rotatable bonds is 3. The molecule has 3 rings (SSSR count). The molecule has 1 saturated heterocycles. The minimum absolute atomic E-state index is 0.142. The van der Waals surface area contributed by atoms with E-state index in [0.29, 0.717) is 6.54 Å². The lowest BCUT2D eigenvalue weighted by Crippen LogP contribution is -2.52. The van der Waals surface area contributed by atoms with Gasteiger partial charge in [0.25, 0.3) is 0 Å². The minimum atomic E-state index is 0.142. The lowest BCUT2D eigenvalue weighted by atomic mass is 9.92. The fourth-order valence-corrected chi connectivity index (χ4v) is 3.78. The number of aryl methyl sites for hydroxylation is 2. The third kappa shape index (κ3) is 2.24. The molecular weight excluding hydrogens is 230 g/mol. The Morgan fingerprint density at radius 1 is 1.18 bits per heavy atom. The molecule has 2 N–H and O–H groups in total. The first-order chi connectivity index (χ1) is 8.31. The SMILES string of the molecule is NCC1(Sc2ccc3c(c2)CCCC3)COC1. The second kappa shape index (κ2) is 4.63. The maximum absolute atomic E-state index is 5.85. The first-order valence-electron chi connectivity index (χ1n) is 6.40. The van der Waals surface area contributed by atoms with Crippen LogP contribution in [0.3, 0.4) is 0 Å². The molecule has 17 heavy (non-hydrogen) atoms. The Kier molecular flexibility index (Phi) is 3.16. The van der Waals surface area contributed by atoms with Crippen molar-refractivity contribution in [1.29, 1.82) is 0 Å². The number of fused-ring (bicyclic) bond motifs is 1. The van der Waals surface area contributed by atoms with Crippen molar-refractivity contribution in [3.05, 3.63) is 29.3 Å². The molecule has 0 aromatic heterocycles. The summed E-state index contributed by atoms with van der Waals surface area (Å²) in [5.74, 6) is 0. The molecular formula is C14H19NOS. The summed E-state index contributed by atoms with van der Waals surface area (Å²) in [6.45, 7) is 2.30. The van der Waals surface area contributed by atoms with Crippen molar-refractivity contribution in [2.75, 3.05) is 19.8 Å². The van der Waals surface area contributed by atoms with Crippen LogP contribution in [0, 0.1) is 0 Å². The molecule has 2 nitrogen and oxygen atoms in total. The van der Waals surface area contributed by atoms with Gasteiger partial charge in [0.1, 0.15) is 0 Å². The summed E-state index contributed by atoms with van der Waals surface area (Å²) in [6.07, 6.45) is 5.19. The van der Waals surface area contributed by atoms with E-state index in [-0.39, 0.29) is 4.75 Å². The molecule has 0 spiro atoms. The van der Waals surface area contributed by atoms with Crippen LogP contribution in [0.4, 0.5) is 0 Å². The summed E-state index contributed by atoms with van der Waals surface area (Å²) in [7, 11) is 0. The van der Waals surface area contributed by atoms with Crippen molar-refractivity contribution in [2.45, 2.75) is 35.3 Å². The van der Waals surface area contributed by atoms with Crippen LogP contribution < -0.4 is 5.73 Å². The molecule has 1 aromatic rings. The van der Waals surface area contributed by atoms with Crippen molar-refractivity contribution in [1.82, 2.24) is 0 Å². The summed E-state index contributed by atoms with van der Waals surface area (Å²) in [4.78, 5) is 1.36. The van der Waals surface area contributed by atoms with Crippen molar-refractivity contribution < 1.29 is 4.74 Å². The van der Waals surface area contributed by atoms with Crippen LogP contribution in [0.2, 0.25) is 0 Å². The third-order valence-electron chi connectivity index (χ3n) is 3.76. The molecule has 3 heteroatoms. The molecule has 92 valence electrons. The van der Waals surface area contributed by atoms with E-state index in [4.69, 9.17) is 10.5 Å². The van der Waals surface area contributed by atoms with Gasteiger partial charge in [0, 0.05) is 11.4 Å². The lowest BCUT2D eigenvalue weighted by molar-refractivity contribution is -0.00434. The number of hydrogen-bond acceptors (Lipinski definition) is 3. The quantitative estimate of drug-likeness (QED) is 0.893. The van der Waals surface area contributed by atoms with Gasteiger partial charge in [0.15, 0.2) is 0 Å². The Hall–Kier alpha value is -0.510. The van der Waals surface area contributed by atoms with E-state index in [1.165, 1.54) is 30.6 Å². The zero-order valence-electron chi connectivity index (χ0n) is 10.1. The highest BCUT2D eigenvalue weighted by molar-refractivity contribution is 8.00. The van der Waals surface area contributed by atoms with Crippen LogP contribution >= 0.6 is 11.8 Å². The van der Waals surface area contributed by atoms with Gasteiger partial charge < -0.3 is 10.5 Å². The van der Waals surface area contributed by atoms with Crippen molar-refractivity contribution in [3.63, 3.8) is 0 Å². The van der Waals surface area contributed by atoms with Gasteiger partial charge in [0.2, 0.25) is 0 Å². The predicted octanol–water partition coefficient (Wildman–Crippen LogP) is 2.39. The maximum Gasteiger partial charge on any atom is 0.0794 e. The maximum atomic E-state index is 5.85. The summed E-state index contributed by atoms with van der Waals surface area (Å²) < 4.78 is 5.45. The highest BCUT2D eigenvalue weighted by Gasteiger charge is 2.38. The topological polar surface area (TPSA) is 35.2 Å². The summed E-state index contributed by atoms with van der Waals surface area (Å²) in [6, 6.07) is 6.93. The number of benzene rings is 1. The van der Waals surface area contributed by atoms with E-state index in [9.17, 15) is 0 Å². The minimum Gasteiger partial charge on any atom is -0.378 e. The van der Waals surface area contributed by atoms with Gasteiger partial charge in [-0.2, -0.15) is 0 Å². The van der Waals surface area contributed by atoms with Crippen molar-refractivity contribution in [3.8, 4) is 0 Å². The molecule has 1 fully saturated rings. The number of hydrogen-bond donors (Lipinski definition) is 1. The summed E-state index contributed by atoms with van der Waals surface area (Å²) in [5, 5.41) is 0. The second-order valence-corrected chi connectivity index (χ2v) is 6.66. The fraction of sp³-hybridized carbons (Fsp3) is 0.571. The van der Waals surface area contributed by atoms with Gasteiger partial charge >= 0.3 is 0 Å². The molecule has 0 amide bonds. The normalized spacial score (nSPS) is 21.7. The van der Waals surface area contributed by atoms with Crippen molar-refractivity contribution >= 4 is 11.8 Å². The zero-order chi connectivity index (χ0) is 11.7. The van der Waals surface area contributed by atoms with Crippen LogP contribution in [0.15, 0.2) is 23.1 Å². The monoisotopic (exact) mass is 249 g/mol. The average Bonchev–Trinajstić information content (AvgIpc) is 2.34. The van der Waals surface area contributed by atoms with E-state index in [2.05, 4.69) is 18.2 Å². The van der Waals surface area contributed by atoms with Crippen LogP contribution in [0.1, 0.15) is 24.0 Å². The smallest absolute Gasteiger partial charge is 0.0794 e. The Morgan fingerprint density at radius 2 is 1.94 bits per heavy atom. The van der Waals surface area contributed by atoms with Gasteiger partial charge in [-0.3, -0.25) is 0 Å². The van der Waals surface area contributed by atoms with Gasteiger partial charge in [0.05, 0.1) is 18.0 Å². The first-order valence-corrected chi connectivity index (χ1v) is 7.22. The Morgan fingerprint density at radius 3 is 2.59 bits per heavy atom. The molecule has 2 aliphatic rings. The Bertz CT molecular complexity index is 409. The van der Waals surface area contributed by atoms with Crippen LogP contribution in [0.25, 0.3) is 0 Å². The second-order valence-electron chi connectivity index (χ2n) is 5.12. The van der Waals surface area contributed by atoms with Gasteiger partial charge in [-0.1, -0.05) is 6.07 Å². The molecule has 0 radical (unpaired) electrons. The molecule has 1 aliphatic heterocycles. The highest BCUT2D eigenvalue weighted by atomic mass is 32.2. The summed E-state index contributed by atoms with van der Waals surface area (Å²) in [5.41, 5.74) is 8.95. The zero-order valence-corrected chi connectivity index (χ0v) is 10.9. The van der Waals surface area contributed by atoms with Gasteiger partial charge in [-0.25, -0.2) is 0 Å². The molecule has 0 bridgehead atoms. The average molecular weight is 249 g/mol. The molecule has 0 unspecified atom stereocenters. The third-order valence-corrected chi connectivity index (χ3v) is 5.08. The molecule has 1 heterocycles. The number of nitrogens with two attached hydrogens (primary N) is 1. The standard InChI is InChI=1S/C14H19NOS/c15-8-14(9-16-10-14)17-13-6-5-11-3-1-2-4-12(11)7-13/h5-7H,1-4,8-10,15H2. The van der Waals surface area contributed by atoms with E-state index in [1.807, 2.05) is 11.8 Å². The Balaban J connectivity index is 1.79. The van der Waals surface area contributed by atoms with E-state index in [1.54, 1.807) is 11.1 Å². The van der Waals surface area contributed by atoms with Gasteiger partial charge in [-0.05, 0) is 48.9 Å². The van der Waals surface area contributed by atoms with Crippen LogP contribution in [-0.2, 0) is 17.6 Å². The van der Waals surface area contributed by atoms with E-state index in [0.717, 1.165) is 13.2 Å².